The van der Waals surface area contributed by atoms with Gasteiger partial charge in [-0.2, -0.15) is 0 Å². The fourth-order valence-electron chi connectivity index (χ4n) is 1.10. The van der Waals surface area contributed by atoms with Crippen molar-refractivity contribution in [3.63, 3.8) is 0 Å². The highest BCUT2D eigenvalue weighted by Gasteiger charge is 2.00. The monoisotopic (exact) mass is 175 g/mol. The predicted octanol–water partition coefficient (Wildman–Crippen LogP) is 0.908. The van der Waals surface area contributed by atoms with E-state index in [9.17, 15) is 0 Å². The van der Waals surface area contributed by atoms with Gasteiger partial charge in [0, 0.05) is 18.3 Å². The Morgan fingerprint density at radius 1 is 1.38 bits per heavy atom. The molecule has 0 aliphatic carbocycles. The zero-order chi connectivity index (χ0) is 9.10. The minimum absolute atomic E-state index is 0.678. The van der Waals surface area contributed by atoms with Crippen LogP contribution in [0.4, 0.5) is 5.69 Å². The van der Waals surface area contributed by atoms with Gasteiger partial charge >= 0.3 is 0 Å². The third-order valence-electron chi connectivity index (χ3n) is 1.77. The number of aromatic amines is 1. The summed E-state index contributed by atoms with van der Waals surface area (Å²) in [6, 6.07) is 7.85. The highest BCUT2D eigenvalue weighted by atomic mass is 15.5. The molecule has 0 amide bonds. The number of aromatic nitrogens is 4. The number of anilines is 1. The van der Waals surface area contributed by atoms with Crippen LogP contribution in [-0.2, 0) is 0 Å². The Bertz CT molecular complexity index is 381. The molecule has 2 aromatic rings. The summed E-state index contributed by atoms with van der Waals surface area (Å²) in [7, 11) is 1.87. The molecular formula is C8H9N5. The molecule has 13 heavy (non-hydrogen) atoms. The van der Waals surface area contributed by atoms with Crippen molar-refractivity contribution in [3.05, 3.63) is 24.3 Å². The van der Waals surface area contributed by atoms with E-state index in [0.29, 0.717) is 5.82 Å². The fourth-order valence-corrected chi connectivity index (χ4v) is 1.10. The van der Waals surface area contributed by atoms with Gasteiger partial charge in [-0.1, -0.05) is 12.1 Å². The van der Waals surface area contributed by atoms with Crippen molar-refractivity contribution in [3.8, 4) is 11.4 Å². The molecule has 0 fully saturated rings. The van der Waals surface area contributed by atoms with Gasteiger partial charge in [-0.05, 0) is 22.6 Å². The quantitative estimate of drug-likeness (QED) is 0.711. The van der Waals surface area contributed by atoms with Crippen molar-refractivity contribution in [2.75, 3.05) is 12.4 Å². The van der Waals surface area contributed by atoms with E-state index < -0.39 is 0 Å². The molecule has 1 heterocycles. The third kappa shape index (κ3) is 1.48. The van der Waals surface area contributed by atoms with E-state index in [1.807, 2.05) is 31.3 Å². The summed E-state index contributed by atoms with van der Waals surface area (Å²) in [5, 5.41) is 16.6. The molecule has 0 saturated heterocycles. The van der Waals surface area contributed by atoms with Crippen LogP contribution in [0.1, 0.15) is 0 Å². The van der Waals surface area contributed by atoms with Gasteiger partial charge in [0.05, 0.1) is 0 Å². The molecule has 1 aromatic heterocycles. The first-order valence-electron chi connectivity index (χ1n) is 3.92. The second kappa shape index (κ2) is 3.22. The maximum Gasteiger partial charge on any atom is 0.179 e. The van der Waals surface area contributed by atoms with Gasteiger partial charge in [0.25, 0.3) is 0 Å². The molecule has 0 radical (unpaired) electrons. The minimum atomic E-state index is 0.678. The number of nitrogens with zero attached hydrogens (tertiary/aromatic N) is 3. The fraction of sp³-hybridized carbons (Fsp3) is 0.125. The molecule has 2 rings (SSSR count). The van der Waals surface area contributed by atoms with Crippen LogP contribution in [-0.4, -0.2) is 27.7 Å². The summed E-state index contributed by atoms with van der Waals surface area (Å²) in [6.07, 6.45) is 0. The van der Waals surface area contributed by atoms with Crippen molar-refractivity contribution in [2.45, 2.75) is 0 Å². The SMILES string of the molecule is CNc1cccc(-c2nnn[nH]2)c1. The van der Waals surface area contributed by atoms with Crippen LogP contribution in [0.25, 0.3) is 11.4 Å². The predicted molar refractivity (Wildman–Crippen MR) is 49.2 cm³/mol. The topological polar surface area (TPSA) is 66.5 Å². The lowest BCUT2D eigenvalue weighted by Crippen LogP contribution is -1.88. The van der Waals surface area contributed by atoms with E-state index in [-0.39, 0.29) is 0 Å². The summed E-state index contributed by atoms with van der Waals surface area (Å²) in [4.78, 5) is 0. The van der Waals surface area contributed by atoms with Crippen LogP contribution in [0.5, 0.6) is 0 Å². The molecule has 0 unspecified atom stereocenters. The molecule has 0 aliphatic heterocycles. The molecule has 5 heteroatoms. The standard InChI is InChI=1S/C8H9N5/c1-9-7-4-2-3-6(5-7)8-10-12-13-11-8/h2-5,9H,1H3,(H,10,11,12,13). The molecule has 5 nitrogen and oxygen atoms in total. The number of H-pyrrole nitrogens is 1. The smallest absolute Gasteiger partial charge is 0.179 e. The zero-order valence-corrected chi connectivity index (χ0v) is 7.15. The van der Waals surface area contributed by atoms with Crippen molar-refractivity contribution in [2.24, 2.45) is 0 Å². The average molecular weight is 175 g/mol. The first-order valence-corrected chi connectivity index (χ1v) is 3.92. The van der Waals surface area contributed by atoms with Gasteiger partial charge in [0.15, 0.2) is 5.82 Å². The first kappa shape index (κ1) is 7.72. The van der Waals surface area contributed by atoms with Crippen molar-refractivity contribution in [1.82, 2.24) is 20.6 Å². The second-order valence-corrected chi connectivity index (χ2v) is 2.58. The Balaban J connectivity index is 2.41. The Morgan fingerprint density at radius 3 is 3.00 bits per heavy atom. The number of nitrogens with one attached hydrogen (secondary N) is 2. The Morgan fingerprint density at radius 2 is 2.31 bits per heavy atom. The molecule has 0 saturated carbocycles. The highest BCUT2D eigenvalue weighted by molar-refractivity contribution is 5.61. The van der Waals surface area contributed by atoms with Gasteiger partial charge in [-0.15, -0.1) is 5.10 Å². The molecule has 1 aromatic carbocycles. The van der Waals surface area contributed by atoms with Crippen LogP contribution in [0.2, 0.25) is 0 Å². The first-order chi connectivity index (χ1) is 6.40. The zero-order valence-electron chi connectivity index (χ0n) is 7.15. The molecule has 0 atom stereocenters. The van der Waals surface area contributed by atoms with E-state index >= 15 is 0 Å². The Labute approximate surface area is 75.2 Å². The van der Waals surface area contributed by atoms with E-state index in [1.165, 1.54) is 0 Å². The summed E-state index contributed by atoms with van der Waals surface area (Å²) < 4.78 is 0. The van der Waals surface area contributed by atoms with Crippen LogP contribution in [0.3, 0.4) is 0 Å². The number of tetrazole rings is 1. The lowest BCUT2D eigenvalue weighted by atomic mass is 10.2. The van der Waals surface area contributed by atoms with Gasteiger partial charge in [0.2, 0.25) is 0 Å². The van der Waals surface area contributed by atoms with E-state index in [2.05, 4.69) is 25.9 Å². The molecule has 0 bridgehead atoms. The summed E-state index contributed by atoms with van der Waals surface area (Å²) in [5.41, 5.74) is 2.01. The minimum Gasteiger partial charge on any atom is -0.388 e. The van der Waals surface area contributed by atoms with Gasteiger partial charge < -0.3 is 5.32 Å². The van der Waals surface area contributed by atoms with Crippen LogP contribution >= 0.6 is 0 Å². The molecule has 2 N–H and O–H groups in total. The van der Waals surface area contributed by atoms with Crippen molar-refractivity contribution >= 4 is 5.69 Å². The van der Waals surface area contributed by atoms with Gasteiger partial charge in [0.1, 0.15) is 0 Å². The maximum atomic E-state index is 3.82. The maximum absolute atomic E-state index is 3.82. The lowest BCUT2D eigenvalue weighted by Gasteiger charge is -2.00. The van der Waals surface area contributed by atoms with E-state index in [4.69, 9.17) is 0 Å². The number of benzene rings is 1. The molecule has 0 aliphatic rings. The largest absolute Gasteiger partial charge is 0.388 e. The van der Waals surface area contributed by atoms with Crippen LogP contribution in [0.15, 0.2) is 24.3 Å². The molecular weight excluding hydrogens is 166 g/mol. The number of hydrogen-bond donors (Lipinski definition) is 2. The number of hydrogen-bond acceptors (Lipinski definition) is 4. The number of rotatable bonds is 2. The van der Waals surface area contributed by atoms with Crippen LogP contribution in [0, 0.1) is 0 Å². The molecule has 0 spiro atoms. The van der Waals surface area contributed by atoms with Gasteiger partial charge in [-0.25, -0.2) is 5.10 Å². The summed E-state index contributed by atoms with van der Waals surface area (Å²) in [5.74, 6) is 0.678. The van der Waals surface area contributed by atoms with E-state index in [0.717, 1.165) is 11.3 Å². The van der Waals surface area contributed by atoms with Crippen molar-refractivity contribution < 1.29 is 0 Å². The Kier molecular flexibility index (Phi) is 1.91. The normalized spacial score (nSPS) is 9.92. The van der Waals surface area contributed by atoms with Crippen molar-refractivity contribution in [1.29, 1.82) is 0 Å². The Hall–Kier alpha value is -1.91. The molecule has 66 valence electrons. The summed E-state index contributed by atoms with van der Waals surface area (Å²) in [6.45, 7) is 0. The van der Waals surface area contributed by atoms with Gasteiger partial charge in [-0.3, -0.25) is 0 Å². The highest BCUT2D eigenvalue weighted by Crippen LogP contribution is 2.17. The third-order valence-corrected chi connectivity index (χ3v) is 1.77. The summed E-state index contributed by atoms with van der Waals surface area (Å²) >= 11 is 0. The lowest BCUT2D eigenvalue weighted by molar-refractivity contribution is 0.881. The average Bonchev–Trinajstić information content (AvgIpc) is 2.71. The van der Waals surface area contributed by atoms with Crippen LogP contribution < -0.4 is 5.32 Å². The van der Waals surface area contributed by atoms with E-state index in [1.54, 1.807) is 0 Å². The second-order valence-electron chi connectivity index (χ2n) is 2.58.